The number of benzene rings is 3. The highest BCUT2D eigenvalue weighted by Gasteiger charge is 2.36. The number of H-pyrrole nitrogens is 1. The molecule has 0 bridgehead atoms. The third-order valence-electron chi connectivity index (χ3n) is 8.28. The highest BCUT2D eigenvalue weighted by atomic mass is 16.4. The lowest BCUT2D eigenvalue weighted by atomic mass is 9.87. The predicted molar refractivity (Wildman–Crippen MR) is 168 cm³/mol. The molecule has 0 aliphatic carbocycles. The first kappa shape index (κ1) is 29.9. The van der Waals surface area contributed by atoms with Gasteiger partial charge in [0, 0.05) is 41.9 Å². The van der Waals surface area contributed by atoms with Gasteiger partial charge in [0.25, 0.3) is 0 Å². The van der Waals surface area contributed by atoms with E-state index < -0.39 is 12.0 Å². The third kappa shape index (κ3) is 6.16. The average molecular weight is 581 g/mol. The zero-order chi connectivity index (χ0) is 30.7. The number of fused-ring (bicyclic) bond motifs is 1. The second-order valence-corrected chi connectivity index (χ2v) is 12.3. The second-order valence-electron chi connectivity index (χ2n) is 12.3. The number of amides is 1. The van der Waals surface area contributed by atoms with Gasteiger partial charge in [-0.1, -0.05) is 83.5 Å². The number of anilines is 2. The SMILES string of the molecule is CCCCC(=O)N(Cc1ccc(-c2cc(N3CC(C)(C)c4ccccc43)ccc2-c2nn[nH]n2)cc1)[C@H](C(=O)O)C(C)C. The summed E-state index contributed by atoms with van der Waals surface area (Å²) in [6.45, 7) is 11.3. The monoisotopic (exact) mass is 580 g/mol. The number of nitrogens with zero attached hydrogens (tertiary/aromatic N) is 5. The molecular formula is C34H40N6O3. The standard InChI is InChI=1S/C34H40N6O3/c1-6-7-12-30(41)39(31(22(2)3)33(42)43)20-23-13-15-24(16-14-23)27-19-25(17-18-26(27)32-35-37-38-36-32)40-21-34(4,5)28-10-8-9-11-29(28)40/h8-11,13-19,22,31H,6-7,12,20-21H2,1-5H3,(H,42,43)(H,35,36,37,38)/t31-/m0/s1. The molecular weight excluding hydrogens is 540 g/mol. The Bertz CT molecular complexity index is 1580. The van der Waals surface area contributed by atoms with Gasteiger partial charge < -0.3 is 14.9 Å². The Hall–Kier alpha value is -4.53. The lowest BCUT2D eigenvalue weighted by molar-refractivity contribution is -0.153. The first-order chi connectivity index (χ1) is 20.6. The van der Waals surface area contributed by atoms with Crippen molar-refractivity contribution in [2.24, 2.45) is 5.92 Å². The van der Waals surface area contributed by atoms with Crippen LogP contribution in [-0.2, 0) is 21.5 Å². The molecule has 9 heteroatoms. The molecule has 1 atom stereocenters. The molecule has 0 unspecified atom stereocenters. The molecule has 0 radical (unpaired) electrons. The topological polar surface area (TPSA) is 115 Å². The number of unbranched alkanes of at least 4 members (excludes halogenated alkanes) is 1. The van der Waals surface area contributed by atoms with Gasteiger partial charge in [0.2, 0.25) is 11.7 Å². The van der Waals surface area contributed by atoms with Crippen LogP contribution in [0.15, 0.2) is 66.7 Å². The van der Waals surface area contributed by atoms with Crippen LogP contribution in [-0.4, -0.2) is 55.1 Å². The summed E-state index contributed by atoms with van der Waals surface area (Å²) in [5.74, 6) is -0.831. The largest absolute Gasteiger partial charge is 0.480 e. The van der Waals surface area contributed by atoms with E-state index in [1.807, 2.05) is 51.1 Å². The minimum atomic E-state index is -0.982. The Kier molecular flexibility index (Phi) is 8.62. The minimum Gasteiger partial charge on any atom is -0.480 e. The summed E-state index contributed by atoms with van der Waals surface area (Å²) in [4.78, 5) is 29.2. The van der Waals surface area contributed by atoms with Crippen molar-refractivity contribution in [3.8, 4) is 22.5 Å². The Balaban J connectivity index is 1.50. The van der Waals surface area contributed by atoms with E-state index in [9.17, 15) is 14.7 Å². The fourth-order valence-corrected chi connectivity index (χ4v) is 6.07. The molecule has 1 aliphatic heterocycles. The van der Waals surface area contributed by atoms with Gasteiger partial charge in [-0.25, -0.2) is 4.79 Å². The molecule has 9 nitrogen and oxygen atoms in total. The number of aliphatic carboxylic acids is 1. The van der Waals surface area contributed by atoms with Crippen LogP contribution in [0.3, 0.4) is 0 Å². The first-order valence-electron chi connectivity index (χ1n) is 15.0. The molecule has 224 valence electrons. The van der Waals surface area contributed by atoms with E-state index in [1.54, 1.807) is 0 Å². The number of hydrogen-bond acceptors (Lipinski definition) is 6. The highest BCUT2D eigenvalue weighted by molar-refractivity contribution is 5.86. The third-order valence-corrected chi connectivity index (χ3v) is 8.28. The van der Waals surface area contributed by atoms with Gasteiger partial charge in [-0.15, -0.1) is 10.2 Å². The fourth-order valence-electron chi connectivity index (χ4n) is 6.07. The molecule has 1 amide bonds. The van der Waals surface area contributed by atoms with E-state index >= 15 is 0 Å². The molecule has 3 aromatic carbocycles. The number of carbonyl (C=O) groups is 2. The Morgan fingerprint density at radius 3 is 2.44 bits per heavy atom. The summed E-state index contributed by atoms with van der Waals surface area (Å²) in [6, 6.07) is 21.9. The normalized spacial score (nSPS) is 14.5. The Morgan fingerprint density at radius 2 is 1.79 bits per heavy atom. The molecule has 1 aromatic heterocycles. The van der Waals surface area contributed by atoms with E-state index in [4.69, 9.17) is 0 Å². The van der Waals surface area contributed by atoms with Crippen molar-refractivity contribution in [1.29, 1.82) is 0 Å². The molecule has 1 aliphatic rings. The molecule has 43 heavy (non-hydrogen) atoms. The Labute approximate surface area is 252 Å². The van der Waals surface area contributed by atoms with Crippen LogP contribution in [0.2, 0.25) is 0 Å². The molecule has 0 saturated heterocycles. The molecule has 2 heterocycles. The maximum Gasteiger partial charge on any atom is 0.326 e. The summed E-state index contributed by atoms with van der Waals surface area (Å²) in [7, 11) is 0. The van der Waals surface area contributed by atoms with Gasteiger partial charge in [0.05, 0.1) is 0 Å². The number of nitrogens with one attached hydrogen (secondary N) is 1. The van der Waals surface area contributed by atoms with Crippen molar-refractivity contribution >= 4 is 23.3 Å². The summed E-state index contributed by atoms with van der Waals surface area (Å²) in [6.07, 6.45) is 1.94. The van der Waals surface area contributed by atoms with E-state index in [0.29, 0.717) is 12.2 Å². The van der Waals surface area contributed by atoms with Crippen molar-refractivity contribution in [2.75, 3.05) is 11.4 Å². The summed E-state index contributed by atoms with van der Waals surface area (Å²) in [5.41, 5.74) is 7.23. The van der Waals surface area contributed by atoms with Gasteiger partial charge >= 0.3 is 5.97 Å². The minimum absolute atomic E-state index is 0.00891. The maximum absolute atomic E-state index is 13.2. The van der Waals surface area contributed by atoms with Crippen molar-refractivity contribution in [3.63, 3.8) is 0 Å². The zero-order valence-electron chi connectivity index (χ0n) is 25.5. The van der Waals surface area contributed by atoms with Gasteiger partial charge in [0.1, 0.15) is 6.04 Å². The zero-order valence-corrected chi connectivity index (χ0v) is 25.5. The first-order valence-corrected chi connectivity index (χ1v) is 15.0. The fraction of sp³-hybridized carbons (Fsp3) is 0.382. The number of hydrogen-bond donors (Lipinski definition) is 2. The number of para-hydroxylation sites is 1. The van der Waals surface area contributed by atoms with E-state index in [1.165, 1.54) is 16.2 Å². The van der Waals surface area contributed by atoms with Crippen LogP contribution in [0.4, 0.5) is 11.4 Å². The predicted octanol–water partition coefficient (Wildman–Crippen LogP) is 6.59. The Morgan fingerprint density at radius 1 is 1.05 bits per heavy atom. The van der Waals surface area contributed by atoms with E-state index in [-0.39, 0.29) is 23.8 Å². The smallest absolute Gasteiger partial charge is 0.326 e. The van der Waals surface area contributed by atoms with Gasteiger partial charge in [0.15, 0.2) is 0 Å². The summed E-state index contributed by atoms with van der Waals surface area (Å²) >= 11 is 0. The molecule has 0 saturated carbocycles. The lowest BCUT2D eigenvalue weighted by Crippen LogP contribution is -2.47. The van der Waals surface area contributed by atoms with Gasteiger partial charge in [-0.05, 0) is 64.1 Å². The van der Waals surface area contributed by atoms with Crippen LogP contribution in [0, 0.1) is 5.92 Å². The van der Waals surface area contributed by atoms with Crippen LogP contribution in [0.5, 0.6) is 0 Å². The van der Waals surface area contributed by atoms with E-state index in [0.717, 1.165) is 47.3 Å². The van der Waals surface area contributed by atoms with Crippen LogP contribution >= 0.6 is 0 Å². The highest BCUT2D eigenvalue weighted by Crippen LogP contribution is 2.45. The van der Waals surface area contributed by atoms with Crippen LogP contribution in [0.1, 0.15) is 65.0 Å². The summed E-state index contributed by atoms with van der Waals surface area (Å²) < 4.78 is 0. The van der Waals surface area contributed by atoms with Gasteiger partial charge in [-0.3, -0.25) is 4.79 Å². The molecule has 5 rings (SSSR count). The second kappa shape index (κ2) is 12.4. The lowest BCUT2D eigenvalue weighted by Gasteiger charge is -2.32. The van der Waals surface area contributed by atoms with Crippen molar-refractivity contribution in [1.82, 2.24) is 25.5 Å². The number of carbonyl (C=O) groups excluding carboxylic acids is 1. The molecule has 0 fully saturated rings. The number of rotatable bonds is 11. The average Bonchev–Trinajstić information content (AvgIpc) is 3.62. The van der Waals surface area contributed by atoms with Crippen LogP contribution < -0.4 is 4.90 Å². The van der Waals surface area contributed by atoms with Gasteiger partial charge in [-0.2, -0.15) is 5.21 Å². The number of aromatic nitrogens is 4. The quantitative estimate of drug-likeness (QED) is 0.206. The number of carboxylic acids is 1. The van der Waals surface area contributed by atoms with E-state index in [2.05, 4.69) is 75.8 Å². The summed E-state index contributed by atoms with van der Waals surface area (Å²) in [5, 5.41) is 24.8. The van der Waals surface area contributed by atoms with Crippen LogP contribution in [0.25, 0.3) is 22.5 Å². The number of tetrazole rings is 1. The molecule has 2 N–H and O–H groups in total. The number of aromatic amines is 1. The van der Waals surface area contributed by atoms with Crippen molar-refractivity contribution < 1.29 is 14.7 Å². The number of carboxylic acid groups (broad SMARTS) is 1. The molecule has 0 spiro atoms. The van der Waals surface area contributed by atoms with Crippen molar-refractivity contribution in [2.45, 2.75) is 71.9 Å². The van der Waals surface area contributed by atoms with Crippen molar-refractivity contribution in [3.05, 3.63) is 77.9 Å². The molecule has 4 aromatic rings. The maximum atomic E-state index is 13.2.